The predicted octanol–water partition coefficient (Wildman–Crippen LogP) is 3.02. The van der Waals surface area contributed by atoms with Gasteiger partial charge in [0.1, 0.15) is 11.6 Å². The first-order valence-corrected chi connectivity index (χ1v) is 9.81. The molecule has 7 heteroatoms. The minimum Gasteiger partial charge on any atom is -0.390 e. The van der Waals surface area contributed by atoms with Crippen LogP contribution < -0.4 is 5.32 Å². The minimum atomic E-state index is -0.981. The maximum Gasteiger partial charge on any atom is 0.254 e. The zero-order valence-electron chi connectivity index (χ0n) is 16.6. The molecule has 1 aliphatic heterocycles. The van der Waals surface area contributed by atoms with E-state index in [0.29, 0.717) is 19.3 Å². The lowest BCUT2D eigenvalue weighted by Gasteiger charge is -2.43. The quantitative estimate of drug-likeness (QED) is 0.828. The molecule has 1 aromatic rings. The molecular formula is C21H28F2N2O3. The van der Waals surface area contributed by atoms with Gasteiger partial charge in [-0.25, -0.2) is 8.78 Å². The average molecular weight is 394 g/mol. The first-order valence-electron chi connectivity index (χ1n) is 9.81. The normalized spacial score (nSPS) is 32.6. The van der Waals surface area contributed by atoms with E-state index in [0.717, 1.165) is 31.0 Å². The van der Waals surface area contributed by atoms with Crippen LogP contribution >= 0.6 is 0 Å². The molecule has 0 radical (unpaired) electrons. The lowest BCUT2D eigenvalue weighted by atomic mass is 9.67. The van der Waals surface area contributed by atoms with E-state index in [2.05, 4.69) is 5.32 Å². The fourth-order valence-electron chi connectivity index (χ4n) is 4.98. The highest BCUT2D eigenvalue weighted by Gasteiger charge is 2.59. The third kappa shape index (κ3) is 3.64. The Morgan fingerprint density at radius 1 is 1.21 bits per heavy atom. The van der Waals surface area contributed by atoms with Crippen molar-refractivity contribution < 1.29 is 23.5 Å². The van der Waals surface area contributed by atoms with Crippen molar-refractivity contribution in [1.82, 2.24) is 10.2 Å². The van der Waals surface area contributed by atoms with E-state index in [1.165, 1.54) is 6.92 Å². The summed E-state index contributed by atoms with van der Waals surface area (Å²) in [4.78, 5) is 26.4. The first kappa shape index (κ1) is 20.7. The molecular weight excluding hydrogens is 366 g/mol. The zero-order valence-corrected chi connectivity index (χ0v) is 16.6. The van der Waals surface area contributed by atoms with Crippen LogP contribution in [-0.4, -0.2) is 46.1 Å². The van der Waals surface area contributed by atoms with Crippen molar-refractivity contribution >= 4 is 11.8 Å². The molecule has 0 spiro atoms. The number of carbonyl (C=O) groups excluding carboxylic acids is 2. The van der Waals surface area contributed by atoms with Gasteiger partial charge in [0.2, 0.25) is 5.91 Å². The van der Waals surface area contributed by atoms with E-state index in [-0.39, 0.29) is 30.1 Å². The Bertz CT molecular complexity index is 763. The van der Waals surface area contributed by atoms with Crippen LogP contribution in [0.25, 0.3) is 0 Å². The molecule has 0 bridgehead atoms. The number of nitrogens with one attached hydrogen (secondary N) is 1. The van der Waals surface area contributed by atoms with Crippen molar-refractivity contribution in [3.63, 3.8) is 0 Å². The van der Waals surface area contributed by atoms with Crippen molar-refractivity contribution in [1.29, 1.82) is 0 Å². The van der Waals surface area contributed by atoms with Gasteiger partial charge in [-0.2, -0.15) is 0 Å². The lowest BCUT2D eigenvalue weighted by molar-refractivity contribution is -0.119. The summed E-state index contributed by atoms with van der Waals surface area (Å²) in [5.41, 5.74) is -1.61. The van der Waals surface area contributed by atoms with Gasteiger partial charge in [0, 0.05) is 36.6 Å². The van der Waals surface area contributed by atoms with E-state index in [1.807, 2.05) is 6.92 Å². The van der Waals surface area contributed by atoms with Gasteiger partial charge in [-0.3, -0.25) is 9.59 Å². The van der Waals surface area contributed by atoms with Crippen LogP contribution in [0.2, 0.25) is 0 Å². The number of nitrogens with zero attached hydrogens (tertiary/aromatic N) is 1. The Hall–Kier alpha value is -2.02. The number of rotatable bonds is 3. The fourth-order valence-corrected chi connectivity index (χ4v) is 4.98. The van der Waals surface area contributed by atoms with Crippen molar-refractivity contribution in [2.45, 2.75) is 70.6 Å². The van der Waals surface area contributed by atoms with Gasteiger partial charge in [-0.15, -0.1) is 0 Å². The molecule has 1 saturated carbocycles. The van der Waals surface area contributed by atoms with Crippen molar-refractivity contribution in [3.8, 4) is 0 Å². The zero-order chi connectivity index (χ0) is 20.7. The summed E-state index contributed by atoms with van der Waals surface area (Å²) in [5, 5.41) is 13.9. The molecule has 1 aromatic carbocycles. The second-order valence-corrected chi connectivity index (χ2v) is 8.62. The molecule has 154 valence electrons. The van der Waals surface area contributed by atoms with Crippen LogP contribution in [-0.2, 0) is 4.79 Å². The molecule has 0 unspecified atom stereocenters. The van der Waals surface area contributed by atoms with Crippen LogP contribution in [0, 0.1) is 17.0 Å². The number of aliphatic hydroxyl groups is 1. The predicted molar refractivity (Wildman–Crippen MR) is 101 cm³/mol. The van der Waals surface area contributed by atoms with Crippen LogP contribution in [0.4, 0.5) is 8.78 Å². The molecule has 3 rings (SSSR count). The SMILES string of the molecule is CC(=O)NC[C@H]1C[C@]2(C)[C@@H](CCCC[C@]2(C)O)N1C(=O)c1cc(F)cc(F)c1. The molecule has 2 N–H and O–H groups in total. The molecule has 28 heavy (non-hydrogen) atoms. The summed E-state index contributed by atoms with van der Waals surface area (Å²) in [6.07, 6.45) is 3.54. The number of halogens is 2. The maximum absolute atomic E-state index is 13.7. The maximum atomic E-state index is 13.7. The topological polar surface area (TPSA) is 69.6 Å². The highest BCUT2D eigenvalue weighted by molar-refractivity contribution is 5.95. The second-order valence-electron chi connectivity index (χ2n) is 8.62. The summed E-state index contributed by atoms with van der Waals surface area (Å²) >= 11 is 0. The van der Waals surface area contributed by atoms with Crippen LogP contribution in [0.1, 0.15) is 63.2 Å². The molecule has 2 aliphatic rings. The van der Waals surface area contributed by atoms with Crippen molar-refractivity contribution in [2.24, 2.45) is 5.41 Å². The van der Waals surface area contributed by atoms with Gasteiger partial charge in [0.25, 0.3) is 5.91 Å². The van der Waals surface area contributed by atoms with E-state index >= 15 is 0 Å². The van der Waals surface area contributed by atoms with Gasteiger partial charge < -0.3 is 15.3 Å². The highest BCUT2D eigenvalue weighted by Crippen LogP contribution is 2.53. The average Bonchev–Trinajstić information content (AvgIpc) is 2.83. The first-order chi connectivity index (χ1) is 13.0. The number of amides is 2. The van der Waals surface area contributed by atoms with Gasteiger partial charge in [-0.1, -0.05) is 19.8 Å². The molecule has 1 aliphatic carbocycles. The van der Waals surface area contributed by atoms with Crippen LogP contribution in [0.15, 0.2) is 18.2 Å². The molecule has 1 heterocycles. The molecule has 5 nitrogen and oxygen atoms in total. The van der Waals surface area contributed by atoms with Gasteiger partial charge in [-0.05, 0) is 38.3 Å². The Balaban J connectivity index is 2.02. The van der Waals surface area contributed by atoms with Gasteiger partial charge in [0.15, 0.2) is 0 Å². The van der Waals surface area contributed by atoms with E-state index in [9.17, 15) is 23.5 Å². The van der Waals surface area contributed by atoms with E-state index < -0.39 is 28.6 Å². The van der Waals surface area contributed by atoms with Crippen LogP contribution in [0.3, 0.4) is 0 Å². The summed E-state index contributed by atoms with van der Waals surface area (Å²) in [5.74, 6) is -2.30. The highest BCUT2D eigenvalue weighted by atomic mass is 19.1. The summed E-state index contributed by atoms with van der Waals surface area (Å²) in [6, 6.07) is 2.16. The third-order valence-corrected chi connectivity index (χ3v) is 6.68. The molecule has 4 atom stereocenters. The Morgan fingerprint density at radius 2 is 1.86 bits per heavy atom. The van der Waals surface area contributed by atoms with E-state index in [1.54, 1.807) is 11.8 Å². The minimum absolute atomic E-state index is 0.0570. The Labute approximate surface area is 164 Å². The Kier molecular flexibility index (Phi) is 5.49. The fraction of sp³-hybridized carbons (Fsp3) is 0.619. The number of hydrogen-bond acceptors (Lipinski definition) is 3. The smallest absolute Gasteiger partial charge is 0.254 e. The lowest BCUT2D eigenvalue weighted by Crippen LogP contribution is -2.52. The summed E-state index contributed by atoms with van der Waals surface area (Å²) in [7, 11) is 0. The Morgan fingerprint density at radius 3 is 2.46 bits per heavy atom. The third-order valence-electron chi connectivity index (χ3n) is 6.68. The number of hydrogen-bond donors (Lipinski definition) is 2. The molecule has 2 fully saturated rings. The molecule has 0 aromatic heterocycles. The van der Waals surface area contributed by atoms with Crippen molar-refractivity contribution in [2.75, 3.05) is 6.54 Å². The van der Waals surface area contributed by atoms with Gasteiger partial charge in [0.05, 0.1) is 11.6 Å². The number of benzene rings is 1. The van der Waals surface area contributed by atoms with E-state index in [4.69, 9.17) is 0 Å². The number of carbonyl (C=O) groups is 2. The van der Waals surface area contributed by atoms with Crippen LogP contribution in [0.5, 0.6) is 0 Å². The summed E-state index contributed by atoms with van der Waals surface area (Å²) in [6.45, 7) is 5.42. The van der Waals surface area contributed by atoms with Crippen molar-refractivity contribution in [3.05, 3.63) is 35.4 Å². The second kappa shape index (κ2) is 7.43. The van der Waals surface area contributed by atoms with Gasteiger partial charge >= 0.3 is 0 Å². The number of likely N-dealkylation sites (tertiary alicyclic amines) is 1. The monoisotopic (exact) mass is 394 g/mol. The number of fused-ring (bicyclic) bond motifs is 1. The largest absolute Gasteiger partial charge is 0.390 e. The summed E-state index contributed by atoms with van der Waals surface area (Å²) < 4.78 is 27.4. The standard InChI is InChI=1S/C21H28F2N2O3/c1-13(26)24-12-17-11-20(2)18(6-4-5-7-21(20,3)28)25(17)19(27)14-8-15(22)10-16(23)9-14/h8-10,17-18,28H,4-7,11-12H2,1-3H3,(H,24,26)/t17-,18-,20-,21+/m1/s1. The molecule has 2 amide bonds. The molecule has 1 saturated heterocycles.